The van der Waals surface area contributed by atoms with Gasteiger partial charge in [0.25, 0.3) is 5.69 Å². The van der Waals surface area contributed by atoms with Crippen LogP contribution in [0.15, 0.2) is 40.9 Å². The molecule has 0 aliphatic heterocycles. The topological polar surface area (TPSA) is 92.9 Å². The number of anilines is 1. The van der Waals surface area contributed by atoms with E-state index in [1.165, 1.54) is 12.1 Å². The fourth-order valence-electron chi connectivity index (χ4n) is 1.76. The first-order chi connectivity index (χ1) is 9.04. The quantitative estimate of drug-likeness (QED) is 0.521. The standard InChI is InChI=1S/C13H8BrN3O2/c14-9-3-1-8(2-4-9)10-5-6-12(17(18)19)13(16)11(10)7-15/h1-6H,16H2. The first kappa shape index (κ1) is 13.1. The predicted octanol–water partition coefficient (Wildman–Crippen LogP) is 3.48. The largest absolute Gasteiger partial charge is 0.392 e. The smallest absolute Gasteiger partial charge is 0.293 e. The van der Waals surface area contributed by atoms with Crippen molar-refractivity contribution < 1.29 is 4.92 Å². The van der Waals surface area contributed by atoms with Crippen LogP contribution < -0.4 is 5.73 Å². The lowest BCUT2D eigenvalue weighted by molar-refractivity contribution is -0.383. The molecular formula is C13H8BrN3O2. The van der Waals surface area contributed by atoms with Gasteiger partial charge in [-0.15, -0.1) is 0 Å². The van der Waals surface area contributed by atoms with Gasteiger partial charge in [-0.1, -0.05) is 28.1 Å². The van der Waals surface area contributed by atoms with Crippen LogP contribution in [0.3, 0.4) is 0 Å². The minimum absolute atomic E-state index is 0.104. The molecule has 0 aliphatic carbocycles. The molecule has 0 unspecified atom stereocenters. The summed E-state index contributed by atoms with van der Waals surface area (Å²) in [6.45, 7) is 0. The van der Waals surface area contributed by atoms with E-state index in [-0.39, 0.29) is 16.9 Å². The SMILES string of the molecule is N#Cc1c(-c2ccc(Br)cc2)ccc([N+](=O)[O-])c1N. The molecule has 2 aromatic rings. The van der Waals surface area contributed by atoms with E-state index in [2.05, 4.69) is 15.9 Å². The molecule has 0 bridgehead atoms. The number of nitro groups is 1. The summed E-state index contributed by atoms with van der Waals surface area (Å²) in [6, 6.07) is 12.1. The van der Waals surface area contributed by atoms with Gasteiger partial charge in [-0.3, -0.25) is 10.1 Å². The second-order valence-corrected chi connectivity index (χ2v) is 4.71. The number of nitrogens with two attached hydrogens (primary N) is 1. The van der Waals surface area contributed by atoms with Crippen LogP contribution in [0.1, 0.15) is 5.56 Å². The molecule has 94 valence electrons. The van der Waals surface area contributed by atoms with E-state index in [4.69, 9.17) is 11.0 Å². The summed E-state index contributed by atoms with van der Waals surface area (Å²) in [4.78, 5) is 10.2. The molecule has 2 aromatic carbocycles. The second-order valence-electron chi connectivity index (χ2n) is 3.80. The molecule has 0 radical (unpaired) electrons. The first-order valence-corrected chi connectivity index (χ1v) is 6.07. The van der Waals surface area contributed by atoms with Crippen LogP contribution in [-0.4, -0.2) is 4.92 Å². The third-order valence-electron chi connectivity index (χ3n) is 2.69. The van der Waals surface area contributed by atoms with Gasteiger partial charge in [0.05, 0.1) is 10.5 Å². The first-order valence-electron chi connectivity index (χ1n) is 5.27. The van der Waals surface area contributed by atoms with E-state index in [1.807, 2.05) is 30.3 Å². The van der Waals surface area contributed by atoms with Crippen LogP contribution in [0.25, 0.3) is 11.1 Å². The molecule has 0 heterocycles. The summed E-state index contributed by atoms with van der Waals surface area (Å²) >= 11 is 3.32. The van der Waals surface area contributed by atoms with Crippen molar-refractivity contribution >= 4 is 27.3 Å². The van der Waals surface area contributed by atoms with E-state index in [9.17, 15) is 10.1 Å². The summed E-state index contributed by atoms with van der Waals surface area (Å²) < 4.78 is 0.907. The predicted molar refractivity (Wildman–Crippen MR) is 75.4 cm³/mol. The van der Waals surface area contributed by atoms with E-state index >= 15 is 0 Å². The normalized spacial score (nSPS) is 9.89. The molecule has 0 atom stereocenters. The Kier molecular flexibility index (Phi) is 3.49. The Balaban J connectivity index is 2.66. The van der Waals surface area contributed by atoms with Gasteiger partial charge in [0, 0.05) is 16.1 Å². The molecule has 0 spiro atoms. The van der Waals surface area contributed by atoms with Crippen LogP contribution in [0.5, 0.6) is 0 Å². The lowest BCUT2D eigenvalue weighted by Crippen LogP contribution is -2.00. The maximum atomic E-state index is 10.8. The summed E-state index contributed by atoms with van der Waals surface area (Å²) in [7, 11) is 0. The van der Waals surface area contributed by atoms with Gasteiger partial charge in [-0.05, 0) is 23.8 Å². The van der Waals surface area contributed by atoms with Crippen molar-refractivity contribution in [3.05, 3.63) is 56.5 Å². The monoisotopic (exact) mass is 317 g/mol. The molecule has 0 aromatic heterocycles. The van der Waals surface area contributed by atoms with Gasteiger partial charge in [0.2, 0.25) is 0 Å². The molecule has 2 rings (SSSR count). The van der Waals surface area contributed by atoms with Gasteiger partial charge >= 0.3 is 0 Å². The number of nitro benzene ring substituents is 1. The van der Waals surface area contributed by atoms with Crippen LogP contribution in [-0.2, 0) is 0 Å². The zero-order valence-corrected chi connectivity index (χ0v) is 11.2. The lowest BCUT2D eigenvalue weighted by Gasteiger charge is -2.07. The highest BCUT2D eigenvalue weighted by molar-refractivity contribution is 9.10. The molecule has 19 heavy (non-hydrogen) atoms. The molecule has 2 N–H and O–H groups in total. The molecule has 5 nitrogen and oxygen atoms in total. The number of nitrogen functional groups attached to an aromatic ring is 1. The maximum absolute atomic E-state index is 10.8. The Hall–Kier alpha value is -2.39. The summed E-state index contributed by atoms with van der Waals surface area (Å²) in [5, 5.41) is 20.0. The molecule has 0 amide bonds. The van der Waals surface area contributed by atoms with Crippen molar-refractivity contribution in [3.63, 3.8) is 0 Å². The Morgan fingerprint density at radius 2 is 1.84 bits per heavy atom. The molecular weight excluding hydrogens is 310 g/mol. The maximum Gasteiger partial charge on any atom is 0.293 e. The van der Waals surface area contributed by atoms with Crippen LogP contribution in [0, 0.1) is 21.4 Å². The fourth-order valence-corrected chi connectivity index (χ4v) is 2.02. The van der Waals surface area contributed by atoms with Gasteiger partial charge in [-0.2, -0.15) is 5.26 Å². The highest BCUT2D eigenvalue weighted by Crippen LogP contribution is 2.33. The second kappa shape index (κ2) is 5.08. The highest BCUT2D eigenvalue weighted by atomic mass is 79.9. The lowest BCUT2D eigenvalue weighted by atomic mass is 9.98. The zero-order chi connectivity index (χ0) is 14.0. The third-order valence-corrected chi connectivity index (χ3v) is 3.21. The zero-order valence-electron chi connectivity index (χ0n) is 9.63. The van der Waals surface area contributed by atoms with Crippen LogP contribution >= 0.6 is 15.9 Å². The minimum Gasteiger partial charge on any atom is -0.392 e. The van der Waals surface area contributed by atoms with Crippen molar-refractivity contribution in [2.45, 2.75) is 0 Å². The Morgan fingerprint density at radius 1 is 1.21 bits per heavy atom. The van der Waals surface area contributed by atoms with Crippen molar-refractivity contribution in [2.75, 3.05) is 5.73 Å². The fraction of sp³-hybridized carbons (Fsp3) is 0. The summed E-state index contributed by atoms with van der Waals surface area (Å²) in [5.41, 5.74) is 6.82. The number of nitriles is 1. The number of nitrogens with zero attached hydrogens (tertiary/aromatic N) is 2. The van der Waals surface area contributed by atoms with Crippen molar-refractivity contribution in [2.24, 2.45) is 0 Å². The molecule has 0 fully saturated rings. The Bertz CT molecular complexity index is 690. The van der Waals surface area contributed by atoms with Gasteiger partial charge in [-0.25, -0.2) is 0 Å². The summed E-state index contributed by atoms with van der Waals surface area (Å²) in [6.07, 6.45) is 0. The van der Waals surface area contributed by atoms with Crippen LogP contribution in [0.4, 0.5) is 11.4 Å². The molecule has 0 aliphatic rings. The average molecular weight is 318 g/mol. The number of halogens is 1. The number of benzene rings is 2. The third kappa shape index (κ3) is 2.41. The molecule has 6 heteroatoms. The highest BCUT2D eigenvalue weighted by Gasteiger charge is 2.18. The number of rotatable bonds is 2. The average Bonchev–Trinajstić information content (AvgIpc) is 2.38. The van der Waals surface area contributed by atoms with Crippen molar-refractivity contribution in [1.82, 2.24) is 0 Å². The summed E-state index contributed by atoms with van der Waals surface area (Å²) in [5.74, 6) is 0. The van der Waals surface area contributed by atoms with Crippen LogP contribution in [0.2, 0.25) is 0 Å². The minimum atomic E-state index is -0.596. The molecule has 0 saturated carbocycles. The van der Waals surface area contributed by atoms with Gasteiger partial charge in [0.15, 0.2) is 0 Å². The van der Waals surface area contributed by atoms with Crippen molar-refractivity contribution in [1.29, 1.82) is 5.26 Å². The van der Waals surface area contributed by atoms with E-state index in [0.29, 0.717) is 5.56 Å². The Morgan fingerprint density at radius 3 is 2.37 bits per heavy atom. The number of hydrogen-bond donors (Lipinski definition) is 1. The van der Waals surface area contributed by atoms with E-state index < -0.39 is 4.92 Å². The number of hydrogen-bond acceptors (Lipinski definition) is 4. The van der Waals surface area contributed by atoms with E-state index in [0.717, 1.165) is 10.0 Å². The molecule has 0 saturated heterocycles. The van der Waals surface area contributed by atoms with Gasteiger partial charge < -0.3 is 5.73 Å². The van der Waals surface area contributed by atoms with Crippen molar-refractivity contribution in [3.8, 4) is 17.2 Å². The Labute approximate surface area is 117 Å². The van der Waals surface area contributed by atoms with Gasteiger partial charge in [0.1, 0.15) is 11.8 Å². The van der Waals surface area contributed by atoms with E-state index in [1.54, 1.807) is 0 Å².